The van der Waals surface area contributed by atoms with Crippen molar-refractivity contribution < 1.29 is 19.1 Å². The monoisotopic (exact) mass is 340 g/mol. The molecule has 25 heavy (non-hydrogen) atoms. The molecule has 0 saturated heterocycles. The number of carbonyl (C=O) groups is 2. The van der Waals surface area contributed by atoms with Crippen molar-refractivity contribution in [3.05, 3.63) is 29.8 Å². The Bertz CT molecular complexity index is 729. The topological polar surface area (TPSA) is 88.4 Å². The number of nitrogens with one attached hydrogen (secondary N) is 1. The van der Waals surface area contributed by atoms with Crippen LogP contribution in [0.15, 0.2) is 24.3 Å². The fraction of sp³-hybridized carbons (Fsp3) is 0.421. The molecule has 0 radical (unpaired) electrons. The van der Waals surface area contributed by atoms with Gasteiger partial charge in [0.2, 0.25) is 12.7 Å². The third-order valence-corrected chi connectivity index (χ3v) is 4.46. The van der Waals surface area contributed by atoms with E-state index in [1.54, 1.807) is 24.3 Å². The van der Waals surface area contributed by atoms with Gasteiger partial charge in [0.25, 0.3) is 0 Å². The van der Waals surface area contributed by atoms with E-state index in [-0.39, 0.29) is 12.8 Å². The maximum atomic E-state index is 12.2. The molecule has 3 rings (SSSR count). The number of allylic oxidation sites excluding steroid dienone is 1. The van der Waals surface area contributed by atoms with E-state index in [4.69, 9.17) is 9.47 Å². The first kappa shape index (κ1) is 17.0. The average Bonchev–Trinajstić information content (AvgIpc) is 3.09. The van der Waals surface area contributed by atoms with Crippen LogP contribution in [0.1, 0.15) is 37.7 Å². The molecule has 6 heteroatoms. The molecule has 1 fully saturated rings. The molecular weight excluding hydrogens is 320 g/mol. The van der Waals surface area contributed by atoms with E-state index in [0.29, 0.717) is 11.5 Å². The zero-order valence-corrected chi connectivity index (χ0v) is 13.9. The number of benzene rings is 1. The minimum atomic E-state index is -1.31. The minimum Gasteiger partial charge on any atom is -0.454 e. The maximum absolute atomic E-state index is 12.2. The molecule has 1 aliphatic carbocycles. The van der Waals surface area contributed by atoms with Crippen LogP contribution in [0.5, 0.6) is 11.5 Å². The molecule has 1 amide bonds. The second-order valence-electron chi connectivity index (χ2n) is 6.25. The summed E-state index contributed by atoms with van der Waals surface area (Å²) in [5.41, 5.74) is 0.738. The van der Waals surface area contributed by atoms with Gasteiger partial charge in [0, 0.05) is 6.04 Å². The van der Waals surface area contributed by atoms with Gasteiger partial charge in [-0.15, -0.1) is 0 Å². The highest BCUT2D eigenvalue weighted by atomic mass is 16.7. The van der Waals surface area contributed by atoms with Gasteiger partial charge in [-0.2, -0.15) is 5.26 Å². The van der Waals surface area contributed by atoms with Gasteiger partial charge < -0.3 is 14.8 Å². The largest absolute Gasteiger partial charge is 0.454 e. The summed E-state index contributed by atoms with van der Waals surface area (Å²) in [6, 6.07) is 7.16. The minimum absolute atomic E-state index is 0.0720. The Morgan fingerprint density at radius 1 is 1.20 bits per heavy atom. The van der Waals surface area contributed by atoms with Gasteiger partial charge in [-0.3, -0.25) is 9.59 Å². The molecule has 0 bridgehead atoms. The number of nitrogens with zero attached hydrogens (tertiary/aromatic N) is 1. The van der Waals surface area contributed by atoms with E-state index in [1.807, 2.05) is 6.07 Å². The molecule has 1 aliphatic heterocycles. The third-order valence-electron chi connectivity index (χ3n) is 4.46. The molecule has 1 saturated carbocycles. The second kappa shape index (κ2) is 7.84. The molecule has 1 unspecified atom stereocenters. The summed E-state index contributed by atoms with van der Waals surface area (Å²) in [5.74, 6) is -1.07. The summed E-state index contributed by atoms with van der Waals surface area (Å²) in [5, 5.41) is 12.0. The van der Waals surface area contributed by atoms with E-state index < -0.39 is 17.6 Å². The fourth-order valence-electron chi connectivity index (χ4n) is 3.07. The lowest BCUT2D eigenvalue weighted by molar-refractivity contribution is -0.130. The summed E-state index contributed by atoms with van der Waals surface area (Å²) in [6.45, 7) is 0.180. The van der Waals surface area contributed by atoms with Crippen LogP contribution in [0.3, 0.4) is 0 Å². The number of ether oxygens (including phenoxy) is 2. The van der Waals surface area contributed by atoms with E-state index in [1.165, 1.54) is 12.5 Å². The predicted molar refractivity (Wildman–Crippen MR) is 90.7 cm³/mol. The normalized spacial score (nSPS) is 17.9. The Kier molecular flexibility index (Phi) is 5.34. The van der Waals surface area contributed by atoms with Crippen LogP contribution in [-0.2, 0) is 9.59 Å². The summed E-state index contributed by atoms with van der Waals surface area (Å²) in [7, 11) is 0. The van der Waals surface area contributed by atoms with Gasteiger partial charge in [0.05, 0.1) is 6.07 Å². The number of nitriles is 1. The second-order valence-corrected chi connectivity index (χ2v) is 6.25. The molecule has 0 spiro atoms. The van der Waals surface area contributed by atoms with Crippen molar-refractivity contribution >= 4 is 17.8 Å². The number of fused-ring (bicyclic) bond motifs is 1. The van der Waals surface area contributed by atoms with Crippen molar-refractivity contribution in [2.24, 2.45) is 5.92 Å². The number of hydrogen-bond acceptors (Lipinski definition) is 5. The van der Waals surface area contributed by atoms with Crippen LogP contribution in [-0.4, -0.2) is 24.5 Å². The first-order valence-electron chi connectivity index (χ1n) is 8.49. The Balaban J connectivity index is 1.61. The van der Waals surface area contributed by atoms with Gasteiger partial charge >= 0.3 is 0 Å². The quantitative estimate of drug-likeness (QED) is 0.657. The highest BCUT2D eigenvalue weighted by Crippen LogP contribution is 2.32. The molecule has 1 aromatic rings. The zero-order chi connectivity index (χ0) is 17.6. The molecule has 1 heterocycles. The van der Waals surface area contributed by atoms with E-state index in [2.05, 4.69) is 5.32 Å². The van der Waals surface area contributed by atoms with Crippen molar-refractivity contribution in [2.45, 2.75) is 38.1 Å². The van der Waals surface area contributed by atoms with Crippen molar-refractivity contribution in [3.8, 4) is 17.6 Å². The average molecular weight is 340 g/mol. The molecule has 0 aromatic heterocycles. The van der Waals surface area contributed by atoms with Crippen molar-refractivity contribution in [1.29, 1.82) is 5.26 Å². The highest BCUT2D eigenvalue weighted by Gasteiger charge is 2.27. The molecule has 1 atom stereocenters. The van der Waals surface area contributed by atoms with Crippen LogP contribution in [0, 0.1) is 17.2 Å². The first-order chi connectivity index (χ1) is 12.2. The fourth-order valence-corrected chi connectivity index (χ4v) is 3.07. The number of hydrogen-bond donors (Lipinski definition) is 1. The van der Waals surface area contributed by atoms with Gasteiger partial charge in [-0.1, -0.05) is 31.4 Å². The van der Waals surface area contributed by atoms with Gasteiger partial charge in [0.1, 0.15) is 0 Å². The Morgan fingerprint density at radius 2 is 1.96 bits per heavy atom. The zero-order valence-electron chi connectivity index (χ0n) is 13.9. The summed E-state index contributed by atoms with van der Waals surface area (Å²) in [6.07, 6.45) is 7.97. The Hall–Kier alpha value is -2.81. The smallest absolute Gasteiger partial charge is 0.245 e. The van der Waals surface area contributed by atoms with Crippen LogP contribution in [0.2, 0.25) is 0 Å². The standard InChI is InChI=1S/C19H20N2O4/c20-11-15(19(23)21-14-4-2-1-3-5-14)16(22)8-6-13-7-9-17-18(10-13)25-12-24-17/h6-10,14-15H,1-5,12H2,(H,21,23). The maximum Gasteiger partial charge on any atom is 0.245 e. The van der Waals surface area contributed by atoms with E-state index >= 15 is 0 Å². The van der Waals surface area contributed by atoms with Crippen LogP contribution in [0.4, 0.5) is 0 Å². The summed E-state index contributed by atoms with van der Waals surface area (Å²) < 4.78 is 10.5. The summed E-state index contributed by atoms with van der Waals surface area (Å²) in [4.78, 5) is 24.5. The molecular formula is C19H20N2O4. The molecule has 1 N–H and O–H groups in total. The summed E-state index contributed by atoms with van der Waals surface area (Å²) >= 11 is 0. The molecule has 2 aliphatic rings. The van der Waals surface area contributed by atoms with Gasteiger partial charge in [0.15, 0.2) is 23.2 Å². The Morgan fingerprint density at radius 3 is 2.72 bits per heavy atom. The number of amides is 1. The SMILES string of the molecule is N#CC(C(=O)C=Cc1ccc2c(c1)OCO2)C(=O)NC1CCCCC1. The molecule has 6 nitrogen and oxygen atoms in total. The lowest BCUT2D eigenvalue weighted by Gasteiger charge is -2.23. The van der Waals surface area contributed by atoms with Crippen molar-refractivity contribution in [2.75, 3.05) is 6.79 Å². The van der Waals surface area contributed by atoms with Crippen LogP contribution < -0.4 is 14.8 Å². The lowest BCUT2D eigenvalue weighted by Crippen LogP contribution is -2.41. The number of ketones is 1. The van der Waals surface area contributed by atoms with Gasteiger partial charge in [-0.25, -0.2) is 0 Å². The molecule has 1 aromatic carbocycles. The van der Waals surface area contributed by atoms with Gasteiger partial charge in [-0.05, 0) is 36.6 Å². The van der Waals surface area contributed by atoms with Crippen molar-refractivity contribution in [3.63, 3.8) is 0 Å². The van der Waals surface area contributed by atoms with Crippen LogP contribution in [0.25, 0.3) is 6.08 Å². The molecule has 130 valence electrons. The van der Waals surface area contributed by atoms with E-state index in [0.717, 1.165) is 31.2 Å². The first-order valence-corrected chi connectivity index (χ1v) is 8.49. The van der Waals surface area contributed by atoms with E-state index in [9.17, 15) is 14.9 Å². The predicted octanol–water partition coefficient (Wildman–Crippen LogP) is 2.59. The Labute approximate surface area is 146 Å². The lowest BCUT2D eigenvalue weighted by atomic mass is 9.94. The van der Waals surface area contributed by atoms with Crippen molar-refractivity contribution in [1.82, 2.24) is 5.32 Å². The number of rotatable bonds is 5. The van der Waals surface area contributed by atoms with Crippen LogP contribution >= 0.6 is 0 Å². The third kappa shape index (κ3) is 4.18. The number of carbonyl (C=O) groups excluding carboxylic acids is 2. The highest BCUT2D eigenvalue weighted by molar-refractivity contribution is 6.10.